The van der Waals surface area contributed by atoms with E-state index < -0.39 is 17.8 Å². The van der Waals surface area contributed by atoms with E-state index >= 15 is 0 Å². The van der Waals surface area contributed by atoms with E-state index in [1.807, 2.05) is 10.9 Å². The Bertz CT molecular complexity index is 1020. The number of rotatable bonds is 4. The van der Waals surface area contributed by atoms with Gasteiger partial charge in [0.15, 0.2) is 0 Å². The zero-order valence-corrected chi connectivity index (χ0v) is 15.1. The number of halogens is 3. The van der Waals surface area contributed by atoms with Gasteiger partial charge in [-0.25, -0.2) is 9.97 Å². The number of hydrogen-bond donors (Lipinski definition) is 1. The molecule has 0 unspecified atom stereocenters. The van der Waals surface area contributed by atoms with Crippen LogP contribution < -0.4 is 5.32 Å². The van der Waals surface area contributed by atoms with E-state index in [-0.39, 0.29) is 11.5 Å². The van der Waals surface area contributed by atoms with Gasteiger partial charge in [0, 0.05) is 11.6 Å². The Morgan fingerprint density at radius 2 is 2.11 bits per heavy atom. The topological polar surface area (TPSA) is 72.7 Å². The maximum atomic E-state index is 12.8. The highest BCUT2D eigenvalue weighted by atomic mass is 19.4. The molecule has 6 nitrogen and oxygen atoms in total. The standard InChI is InChI=1S/C19H18F3N5O/c1-2-11-6-13(7-11)27-10-12-8-17(23-9-15(12)26-27)25-18(28)14-4-3-5-16(24-14)19(20,21)22/h3-5,8-11,13H,2,6-7H2,1H3,(H,25,28). The molecule has 146 valence electrons. The highest BCUT2D eigenvalue weighted by molar-refractivity contribution is 6.03. The monoisotopic (exact) mass is 389 g/mol. The molecule has 4 rings (SSSR count). The van der Waals surface area contributed by atoms with Crippen LogP contribution in [0.4, 0.5) is 19.0 Å². The number of nitrogens with zero attached hydrogens (tertiary/aromatic N) is 4. The van der Waals surface area contributed by atoms with Crippen LogP contribution in [0.5, 0.6) is 0 Å². The van der Waals surface area contributed by atoms with Crippen LogP contribution in [0.3, 0.4) is 0 Å². The van der Waals surface area contributed by atoms with Gasteiger partial charge >= 0.3 is 6.18 Å². The van der Waals surface area contributed by atoms with E-state index in [2.05, 4.69) is 27.3 Å². The van der Waals surface area contributed by atoms with Gasteiger partial charge in [-0.15, -0.1) is 0 Å². The molecule has 0 aliphatic heterocycles. The van der Waals surface area contributed by atoms with Gasteiger partial charge in [-0.05, 0) is 37.0 Å². The van der Waals surface area contributed by atoms with Gasteiger partial charge in [0.1, 0.15) is 22.7 Å². The van der Waals surface area contributed by atoms with Gasteiger partial charge < -0.3 is 5.32 Å². The van der Waals surface area contributed by atoms with Crippen LogP contribution in [0, 0.1) is 5.92 Å². The van der Waals surface area contributed by atoms with Crippen molar-refractivity contribution in [2.24, 2.45) is 5.92 Å². The molecule has 0 bridgehead atoms. The number of carbonyl (C=O) groups is 1. The van der Waals surface area contributed by atoms with Crippen LogP contribution in [0.2, 0.25) is 0 Å². The van der Waals surface area contributed by atoms with Crippen molar-refractivity contribution in [3.8, 4) is 0 Å². The zero-order valence-electron chi connectivity index (χ0n) is 15.1. The summed E-state index contributed by atoms with van der Waals surface area (Å²) in [4.78, 5) is 19.8. The van der Waals surface area contributed by atoms with Gasteiger partial charge in [-0.3, -0.25) is 9.48 Å². The van der Waals surface area contributed by atoms with E-state index in [0.29, 0.717) is 11.6 Å². The van der Waals surface area contributed by atoms with Crippen molar-refractivity contribution < 1.29 is 18.0 Å². The molecule has 1 aliphatic rings. The third kappa shape index (κ3) is 3.56. The third-order valence-electron chi connectivity index (χ3n) is 5.08. The van der Waals surface area contributed by atoms with Crippen molar-refractivity contribution in [2.75, 3.05) is 5.32 Å². The van der Waals surface area contributed by atoms with Crippen molar-refractivity contribution in [2.45, 2.75) is 38.4 Å². The summed E-state index contributed by atoms with van der Waals surface area (Å²) in [6.45, 7) is 2.18. The first-order chi connectivity index (χ1) is 13.3. The molecule has 1 saturated carbocycles. The SMILES string of the molecule is CCC1CC(n2cc3cc(NC(=O)c4cccc(C(F)(F)F)n4)ncc3n2)C1. The van der Waals surface area contributed by atoms with Crippen molar-refractivity contribution in [3.63, 3.8) is 0 Å². The molecule has 0 spiro atoms. The third-order valence-corrected chi connectivity index (χ3v) is 5.08. The predicted molar refractivity (Wildman–Crippen MR) is 96.8 cm³/mol. The number of amides is 1. The van der Waals surface area contributed by atoms with E-state index in [1.165, 1.54) is 18.7 Å². The molecular weight excluding hydrogens is 371 g/mol. The van der Waals surface area contributed by atoms with Crippen molar-refractivity contribution in [3.05, 3.63) is 48.0 Å². The first kappa shape index (κ1) is 18.4. The number of anilines is 1. The lowest BCUT2D eigenvalue weighted by Gasteiger charge is -2.34. The van der Waals surface area contributed by atoms with Crippen LogP contribution in [0.25, 0.3) is 10.9 Å². The predicted octanol–water partition coefficient (Wildman–Crippen LogP) is 4.46. The molecule has 3 aromatic rings. The number of carbonyl (C=O) groups excluding carboxylic acids is 1. The second-order valence-corrected chi connectivity index (χ2v) is 7.00. The smallest absolute Gasteiger partial charge is 0.305 e. The van der Waals surface area contributed by atoms with Gasteiger partial charge in [0.2, 0.25) is 0 Å². The number of alkyl halides is 3. The minimum Gasteiger partial charge on any atom is -0.305 e. The minimum atomic E-state index is -4.61. The van der Waals surface area contributed by atoms with Crippen molar-refractivity contribution in [1.29, 1.82) is 0 Å². The van der Waals surface area contributed by atoms with E-state index in [1.54, 1.807) is 6.07 Å². The molecular formula is C19H18F3N5O. The summed E-state index contributed by atoms with van der Waals surface area (Å²) in [7, 11) is 0. The van der Waals surface area contributed by atoms with Gasteiger partial charge in [-0.1, -0.05) is 19.4 Å². The van der Waals surface area contributed by atoms with Crippen molar-refractivity contribution in [1.82, 2.24) is 19.7 Å². The molecule has 1 aliphatic carbocycles. The highest BCUT2D eigenvalue weighted by Crippen LogP contribution is 2.39. The number of nitrogens with one attached hydrogen (secondary N) is 1. The van der Waals surface area contributed by atoms with Gasteiger partial charge in [0.05, 0.1) is 12.2 Å². The average molecular weight is 389 g/mol. The molecule has 9 heteroatoms. The number of pyridine rings is 2. The molecule has 3 heterocycles. The fourth-order valence-corrected chi connectivity index (χ4v) is 3.35. The van der Waals surface area contributed by atoms with E-state index in [4.69, 9.17) is 0 Å². The molecule has 0 saturated heterocycles. The summed E-state index contributed by atoms with van der Waals surface area (Å²) < 4.78 is 40.2. The maximum Gasteiger partial charge on any atom is 0.433 e. The molecule has 1 N–H and O–H groups in total. The Morgan fingerprint density at radius 1 is 1.32 bits per heavy atom. The summed E-state index contributed by atoms with van der Waals surface area (Å²) in [5.41, 5.74) is -0.738. The van der Waals surface area contributed by atoms with Gasteiger partial charge in [0.25, 0.3) is 5.91 Å². The largest absolute Gasteiger partial charge is 0.433 e. The average Bonchev–Trinajstić information content (AvgIpc) is 3.03. The normalized spacial score (nSPS) is 19.4. The van der Waals surface area contributed by atoms with Crippen LogP contribution in [-0.2, 0) is 6.18 Å². The second kappa shape index (κ2) is 6.88. The molecule has 3 aromatic heterocycles. The van der Waals surface area contributed by atoms with E-state index in [9.17, 15) is 18.0 Å². The summed E-state index contributed by atoms with van der Waals surface area (Å²) in [6.07, 6.45) is 2.20. The van der Waals surface area contributed by atoms with Crippen LogP contribution in [0.15, 0.2) is 36.7 Å². The van der Waals surface area contributed by atoms with Crippen LogP contribution in [-0.4, -0.2) is 25.7 Å². The summed E-state index contributed by atoms with van der Waals surface area (Å²) in [5, 5.41) is 7.83. The first-order valence-corrected chi connectivity index (χ1v) is 9.04. The lowest BCUT2D eigenvalue weighted by Crippen LogP contribution is -2.26. The summed E-state index contributed by atoms with van der Waals surface area (Å²) in [6, 6.07) is 5.22. The first-order valence-electron chi connectivity index (χ1n) is 9.04. The molecule has 1 fully saturated rings. The molecule has 1 amide bonds. The van der Waals surface area contributed by atoms with Crippen LogP contribution in [0.1, 0.15) is 48.4 Å². The Morgan fingerprint density at radius 3 is 2.82 bits per heavy atom. The highest BCUT2D eigenvalue weighted by Gasteiger charge is 2.33. The maximum absolute atomic E-state index is 12.8. The Labute approximate surface area is 158 Å². The minimum absolute atomic E-state index is 0.233. The summed E-state index contributed by atoms with van der Waals surface area (Å²) in [5.74, 6) is 0.219. The lowest BCUT2D eigenvalue weighted by molar-refractivity contribution is -0.141. The van der Waals surface area contributed by atoms with Crippen molar-refractivity contribution >= 4 is 22.6 Å². The number of aromatic nitrogens is 4. The summed E-state index contributed by atoms with van der Waals surface area (Å²) >= 11 is 0. The quantitative estimate of drug-likeness (QED) is 0.715. The number of fused-ring (bicyclic) bond motifs is 1. The zero-order chi connectivity index (χ0) is 19.9. The number of hydrogen-bond acceptors (Lipinski definition) is 4. The molecule has 0 radical (unpaired) electrons. The molecule has 0 atom stereocenters. The Hall–Kier alpha value is -2.97. The Balaban J connectivity index is 1.51. The lowest BCUT2D eigenvalue weighted by atomic mass is 9.79. The van der Waals surface area contributed by atoms with Crippen LogP contribution >= 0.6 is 0 Å². The fourth-order valence-electron chi connectivity index (χ4n) is 3.35. The Kier molecular flexibility index (Phi) is 4.52. The second-order valence-electron chi connectivity index (χ2n) is 7.00. The molecule has 0 aromatic carbocycles. The molecule has 28 heavy (non-hydrogen) atoms. The van der Waals surface area contributed by atoms with Gasteiger partial charge in [-0.2, -0.15) is 18.3 Å². The van der Waals surface area contributed by atoms with E-state index in [0.717, 1.165) is 36.3 Å². The fraction of sp³-hybridized carbons (Fsp3) is 0.368.